The Morgan fingerprint density at radius 3 is 1.47 bits per heavy atom. The Morgan fingerprint density at radius 1 is 0.556 bits per heavy atom. The minimum atomic E-state index is -0.147. The molecule has 0 atom stereocenters. The number of unbranched alkanes of at least 4 members (excludes halogenated alkanes) is 3. The van der Waals surface area contributed by atoms with Gasteiger partial charge in [-0.1, -0.05) is 44.4 Å². The second-order valence-electron chi connectivity index (χ2n) is 7.87. The van der Waals surface area contributed by atoms with Crippen molar-refractivity contribution in [3.8, 4) is 5.75 Å². The summed E-state index contributed by atoms with van der Waals surface area (Å²) in [5, 5.41) is 0. The van der Waals surface area contributed by atoms with Gasteiger partial charge in [0.25, 0.3) is 0 Å². The average Bonchev–Trinajstić information content (AvgIpc) is 2.90. The van der Waals surface area contributed by atoms with Crippen LogP contribution in [0.2, 0.25) is 0 Å². The molecule has 0 unspecified atom stereocenters. The summed E-state index contributed by atoms with van der Waals surface area (Å²) in [6.45, 7) is 8.91. The van der Waals surface area contributed by atoms with E-state index >= 15 is 0 Å². The first-order valence-corrected chi connectivity index (χ1v) is 13.1. The van der Waals surface area contributed by atoms with Gasteiger partial charge in [-0.15, -0.1) is 0 Å². The Hall–Kier alpha value is -1.75. The van der Waals surface area contributed by atoms with Crippen molar-refractivity contribution in [1.29, 1.82) is 0 Å². The number of benzene rings is 1. The second kappa shape index (κ2) is 26.3. The van der Waals surface area contributed by atoms with E-state index in [0.29, 0.717) is 98.9 Å². The highest BCUT2D eigenvalue weighted by molar-refractivity contribution is 5.69. The van der Waals surface area contributed by atoms with Crippen molar-refractivity contribution in [2.24, 2.45) is 0 Å². The van der Waals surface area contributed by atoms with Crippen LogP contribution < -0.4 is 4.74 Å². The maximum absolute atomic E-state index is 11.5. The van der Waals surface area contributed by atoms with Crippen molar-refractivity contribution in [2.45, 2.75) is 39.0 Å². The predicted octanol–water partition coefficient (Wildman–Crippen LogP) is 3.68. The molecule has 0 N–H and O–H groups in total. The Bertz CT molecular complexity index is 586. The molecular weight excluding hydrogens is 468 g/mol. The highest BCUT2D eigenvalue weighted by Gasteiger charge is 2.02. The van der Waals surface area contributed by atoms with Gasteiger partial charge in [-0.25, -0.2) is 0 Å². The topological polar surface area (TPSA) is 90.9 Å². The number of esters is 1. The van der Waals surface area contributed by atoms with E-state index in [1.807, 2.05) is 30.3 Å². The van der Waals surface area contributed by atoms with Crippen molar-refractivity contribution < 1.29 is 42.7 Å². The number of hydrogen-bond acceptors (Lipinski definition) is 9. The van der Waals surface area contributed by atoms with E-state index in [9.17, 15) is 4.79 Å². The fraction of sp³-hybridized carbons (Fsp3) is 0.741. The van der Waals surface area contributed by atoms with Gasteiger partial charge >= 0.3 is 5.97 Å². The smallest absolute Gasteiger partial charge is 0.305 e. The molecule has 1 aromatic rings. The first-order valence-electron chi connectivity index (χ1n) is 13.1. The number of hydrogen-bond donors (Lipinski definition) is 0. The molecule has 36 heavy (non-hydrogen) atoms. The summed E-state index contributed by atoms with van der Waals surface area (Å²) in [4.78, 5) is 11.5. The van der Waals surface area contributed by atoms with Crippen LogP contribution in [0.15, 0.2) is 30.3 Å². The summed E-state index contributed by atoms with van der Waals surface area (Å²) in [5.74, 6) is 0.697. The quantitative estimate of drug-likeness (QED) is 0.129. The molecule has 0 aliphatic heterocycles. The third-order valence-electron chi connectivity index (χ3n) is 4.82. The Kier molecular flexibility index (Phi) is 23.6. The van der Waals surface area contributed by atoms with Gasteiger partial charge in [-0.2, -0.15) is 0 Å². The molecule has 9 nitrogen and oxygen atoms in total. The summed E-state index contributed by atoms with van der Waals surface area (Å²) in [5.41, 5.74) is 0. The monoisotopic (exact) mass is 514 g/mol. The second-order valence-corrected chi connectivity index (χ2v) is 7.87. The van der Waals surface area contributed by atoms with Crippen LogP contribution >= 0.6 is 0 Å². The van der Waals surface area contributed by atoms with E-state index in [1.54, 1.807) is 0 Å². The molecule has 0 amide bonds. The number of carbonyl (C=O) groups is 1. The van der Waals surface area contributed by atoms with Crippen molar-refractivity contribution in [2.75, 3.05) is 92.5 Å². The van der Waals surface area contributed by atoms with Crippen molar-refractivity contribution >= 4 is 5.97 Å². The lowest BCUT2D eigenvalue weighted by Gasteiger charge is -2.09. The van der Waals surface area contributed by atoms with Crippen LogP contribution in [0, 0.1) is 0 Å². The molecule has 0 saturated carbocycles. The van der Waals surface area contributed by atoms with Crippen molar-refractivity contribution in [1.82, 2.24) is 0 Å². The molecule has 0 aliphatic rings. The molecule has 0 spiro atoms. The molecule has 0 aliphatic carbocycles. The highest BCUT2D eigenvalue weighted by atomic mass is 16.6. The Morgan fingerprint density at radius 2 is 1.00 bits per heavy atom. The van der Waals surface area contributed by atoms with Gasteiger partial charge in [0.2, 0.25) is 0 Å². The predicted molar refractivity (Wildman–Crippen MR) is 137 cm³/mol. The molecule has 208 valence electrons. The van der Waals surface area contributed by atoms with Gasteiger partial charge in [-0.3, -0.25) is 4.79 Å². The van der Waals surface area contributed by atoms with E-state index in [0.717, 1.165) is 31.4 Å². The van der Waals surface area contributed by atoms with Crippen LogP contribution in [-0.4, -0.2) is 98.5 Å². The van der Waals surface area contributed by atoms with Gasteiger partial charge in [0.05, 0.1) is 79.3 Å². The van der Waals surface area contributed by atoms with Crippen LogP contribution in [0.3, 0.4) is 0 Å². The van der Waals surface area contributed by atoms with Gasteiger partial charge in [-0.05, 0) is 18.6 Å². The van der Waals surface area contributed by atoms with Crippen molar-refractivity contribution in [3.05, 3.63) is 30.3 Å². The standard InChI is InChI=1S/C27H46O9/c1-2-3-4-8-11-27(28)36-25-23-34-21-19-32-17-15-30-13-12-29-14-16-31-18-20-33-22-24-35-26-9-6-5-7-10-26/h5-7,9-10H,2-4,8,11-25H2,1H3. The third kappa shape index (κ3) is 22.7. The van der Waals surface area contributed by atoms with E-state index in [4.69, 9.17) is 37.9 Å². The Labute approximate surface area is 216 Å². The van der Waals surface area contributed by atoms with Crippen LogP contribution in [0.5, 0.6) is 5.75 Å². The largest absolute Gasteiger partial charge is 0.491 e. The van der Waals surface area contributed by atoms with Crippen molar-refractivity contribution in [3.63, 3.8) is 0 Å². The highest BCUT2D eigenvalue weighted by Crippen LogP contribution is 2.07. The minimum absolute atomic E-state index is 0.147. The Balaban J connectivity index is 1.67. The summed E-state index contributed by atoms with van der Waals surface area (Å²) >= 11 is 0. The lowest BCUT2D eigenvalue weighted by molar-refractivity contribution is -0.145. The molecule has 1 aromatic carbocycles. The zero-order chi connectivity index (χ0) is 25.8. The minimum Gasteiger partial charge on any atom is -0.491 e. The van der Waals surface area contributed by atoms with Crippen LogP contribution in [-0.2, 0) is 38.0 Å². The summed E-state index contributed by atoms with van der Waals surface area (Å²) in [6, 6.07) is 9.66. The first kappa shape index (κ1) is 32.3. The van der Waals surface area contributed by atoms with Gasteiger partial charge in [0.1, 0.15) is 19.0 Å². The molecule has 0 fully saturated rings. The molecule has 0 radical (unpaired) electrons. The lowest BCUT2D eigenvalue weighted by Crippen LogP contribution is -2.15. The number of rotatable bonds is 27. The fourth-order valence-electron chi connectivity index (χ4n) is 2.92. The van der Waals surface area contributed by atoms with E-state index in [-0.39, 0.29) is 5.97 Å². The normalized spacial score (nSPS) is 11.0. The maximum Gasteiger partial charge on any atom is 0.305 e. The number of ether oxygens (including phenoxy) is 8. The van der Waals surface area contributed by atoms with Gasteiger partial charge < -0.3 is 37.9 Å². The van der Waals surface area contributed by atoms with E-state index in [2.05, 4.69) is 6.92 Å². The summed E-state index contributed by atoms with van der Waals surface area (Å²) in [7, 11) is 0. The molecule has 0 aromatic heterocycles. The maximum atomic E-state index is 11.5. The number of para-hydroxylation sites is 1. The molecule has 0 saturated heterocycles. The molecule has 1 rings (SSSR count). The van der Waals surface area contributed by atoms with Crippen LogP contribution in [0.1, 0.15) is 39.0 Å². The molecule has 0 heterocycles. The lowest BCUT2D eigenvalue weighted by atomic mass is 10.2. The summed E-state index contributed by atoms with van der Waals surface area (Å²) < 4.78 is 43.3. The zero-order valence-electron chi connectivity index (χ0n) is 22.0. The zero-order valence-corrected chi connectivity index (χ0v) is 22.0. The molecule has 0 bridgehead atoms. The molecule has 9 heteroatoms. The number of carbonyl (C=O) groups excluding carboxylic acids is 1. The van der Waals surface area contributed by atoms with Crippen LogP contribution in [0.25, 0.3) is 0 Å². The summed E-state index contributed by atoms with van der Waals surface area (Å²) in [6.07, 6.45) is 4.79. The first-order chi connectivity index (χ1) is 17.8. The van der Waals surface area contributed by atoms with E-state index < -0.39 is 0 Å². The third-order valence-corrected chi connectivity index (χ3v) is 4.82. The SMILES string of the molecule is CCCCCCC(=O)OCCOCCOCCOCCOCCOCCOCCOc1ccccc1. The molecular formula is C27H46O9. The van der Waals surface area contributed by atoms with Gasteiger partial charge in [0.15, 0.2) is 0 Å². The fourth-order valence-corrected chi connectivity index (χ4v) is 2.92. The average molecular weight is 515 g/mol. The van der Waals surface area contributed by atoms with E-state index in [1.165, 1.54) is 0 Å². The van der Waals surface area contributed by atoms with Gasteiger partial charge in [0, 0.05) is 6.42 Å². The van der Waals surface area contributed by atoms with Crippen LogP contribution in [0.4, 0.5) is 0 Å².